The van der Waals surface area contributed by atoms with E-state index >= 15 is 0 Å². The van der Waals surface area contributed by atoms with Crippen molar-refractivity contribution in [2.45, 2.75) is 70.4 Å². The molecule has 0 amide bonds. The molecule has 1 aromatic heterocycles. The molecule has 3 rings (SSSR count). The molecule has 136 valence electrons. The van der Waals surface area contributed by atoms with E-state index in [1.807, 2.05) is 23.0 Å². The summed E-state index contributed by atoms with van der Waals surface area (Å²) in [6.45, 7) is 4.33. The average Bonchev–Trinajstić information content (AvgIpc) is 3.11. The van der Waals surface area contributed by atoms with Crippen molar-refractivity contribution >= 4 is 0 Å². The first-order valence-corrected chi connectivity index (χ1v) is 9.04. The van der Waals surface area contributed by atoms with Gasteiger partial charge in [0.1, 0.15) is 11.3 Å². The summed E-state index contributed by atoms with van der Waals surface area (Å²) in [5, 5.41) is 31.3. The van der Waals surface area contributed by atoms with Crippen LogP contribution < -0.4 is 5.32 Å². The van der Waals surface area contributed by atoms with Gasteiger partial charge in [-0.3, -0.25) is 0 Å². The molecule has 1 aromatic carbocycles. The zero-order valence-corrected chi connectivity index (χ0v) is 15.0. The van der Waals surface area contributed by atoms with Gasteiger partial charge in [-0.1, -0.05) is 42.3 Å². The van der Waals surface area contributed by atoms with E-state index in [0.717, 1.165) is 24.9 Å². The van der Waals surface area contributed by atoms with Crippen LogP contribution >= 0.6 is 0 Å². The van der Waals surface area contributed by atoms with Crippen LogP contribution in [0.15, 0.2) is 30.5 Å². The predicted molar refractivity (Wildman–Crippen MR) is 95.8 cm³/mol. The highest BCUT2D eigenvalue weighted by atomic mass is 16.3. The third-order valence-corrected chi connectivity index (χ3v) is 4.98. The fourth-order valence-electron chi connectivity index (χ4n) is 3.40. The molecule has 1 saturated carbocycles. The monoisotopic (exact) mass is 344 g/mol. The molecule has 3 N–H and O–H groups in total. The molecular formula is C19H28N4O2. The summed E-state index contributed by atoms with van der Waals surface area (Å²) < 4.78 is 1.92. The molecule has 0 saturated heterocycles. The van der Waals surface area contributed by atoms with Gasteiger partial charge in [-0.25, -0.2) is 4.68 Å². The molecule has 1 heterocycles. The van der Waals surface area contributed by atoms with Crippen LogP contribution in [0, 0.1) is 0 Å². The van der Waals surface area contributed by atoms with E-state index in [4.69, 9.17) is 5.11 Å². The molecular weight excluding hydrogens is 316 g/mol. The maximum absolute atomic E-state index is 10.1. The zero-order valence-electron chi connectivity index (χ0n) is 15.0. The fraction of sp³-hybridized carbons (Fsp3) is 0.579. The Bertz CT molecular complexity index is 675. The first-order valence-electron chi connectivity index (χ1n) is 9.04. The maximum atomic E-state index is 10.1. The molecule has 0 spiro atoms. The van der Waals surface area contributed by atoms with Crippen LogP contribution in [0.2, 0.25) is 0 Å². The lowest BCUT2D eigenvalue weighted by molar-refractivity contribution is 0.0736. The molecule has 1 aliphatic rings. The van der Waals surface area contributed by atoms with Crippen molar-refractivity contribution in [2.75, 3.05) is 0 Å². The lowest BCUT2D eigenvalue weighted by Gasteiger charge is -2.32. The van der Waals surface area contributed by atoms with Crippen molar-refractivity contribution in [3.05, 3.63) is 47.3 Å². The number of hydrogen-bond donors (Lipinski definition) is 3. The quantitative estimate of drug-likeness (QED) is 0.749. The van der Waals surface area contributed by atoms with Crippen molar-refractivity contribution in [3.8, 4) is 0 Å². The second kappa shape index (κ2) is 7.64. The number of rotatable bonds is 6. The van der Waals surface area contributed by atoms with Gasteiger partial charge in [0.2, 0.25) is 0 Å². The highest BCUT2D eigenvalue weighted by Gasteiger charge is 2.29. The molecule has 0 bridgehead atoms. The van der Waals surface area contributed by atoms with Gasteiger partial charge in [0.05, 0.1) is 18.8 Å². The number of aliphatic hydroxyl groups is 2. The predicted octanol–water partition coefficient (Wildman–Crippen LogP) is 2.27. The van der Waals surface area contributed by atoms with Crippen LogP contribution in [0.25, 0.3) is 0 Å². The SMILES string of the molecule is CC(C)(O)c1cn([C@@H]2CCCC[C@@H]2NCc2ccc(CO)cc2)nn1. The Hall–Kier alpha value is -1.76. The molecule has 0 unspecified atom stereocenters. The Morgan fingerprint density at radius 1 is 1.16 bits per heavy atom. The topological polar surface area (TPSA) is 83.2 Å². The van der Waals surface area contributed by atoms with E-state index < -0.39 is 5.60 Å². The minimum atomic E-state index is -0.968. The molecule has 2 atom stereocenters. The van der Waals surface area contributed by atoms with Crippen molar-refractivity contribution in [2.24, 2.45) is 0 Å². The lowest BCUT2D eigenvalue weighted by atomic mass is 9.90. The van der Waals surface area contributed by atoms with Gasteiger partial charge in [0.15, 0.2) is 0 Å². The summed E-state index contributed by atoms with van der Waals surface area (Å²) in [6.07, 6.45) is 6.45. The minimum absolute atomic E-state index is 0.0776. The van der Waals surface area contributed by atoms with Gasteiger partial charge in [-0.05, 0) is 37.8 Å². The highest BCUT2D eigenvalue weighted by Crippen LogP contribution is 2.29. The second-order valence-electron chi connectivity index (χ2n) is 7.46. The lowest BCUT2D eigenvalue weighted by Crippen LogP contribution is -2.39. The Morgan fingerprint density at radius 2 is 1.84 bits per heavy atom. The standard InChI is InChI=1S/C19H28N4O2/c1-19(2,25)18-12-23(22-21-18)17-6-4-3-5-16(17)20-11-14-7-9-15(13-24)10-8-14/h7-10,12,16-17,20,24-25H,3-6,11,13H2,1-2H3/t16-,17+/m0/s1. The summed E-state index contributed by atoms with van der Waals surface area (Å²) in [7, 11) is 0. The molecule has 1 aliphatic carbocycles. The summed E-state index contributed by atoms with van der Waals surface area (Å²) in [4.78, 5) is 0. The van der Waals surface area contributed by atoms with E-state index in [9.17, 15) is 5.11 Å². The van der Waals surface area contributed by atoms with Crippen LogP contribution in [0.5, 0.6) is 0 Å². The van der Waals surface area contributed by atoms with Crippen LogP contribution in [-0.2, 0) is 18.8 Å². The van der Waals surface area contributed by atoms with E-state index in [1.165, 1.54) is 18.4 Å². The first kappa shape index (κ1) is 18.0. The van der Waals surface area contributed by atoms with Crippen LogP contribution in [-0.4, -0.2) is 31.2 Å². The number of nitrogens with one attached hydrogen (secondary N) is 1. The molecule has 0 aliphatic heterocycles. The van der Waals surface area contributed by atoms with Crippen LogP contribution in [0.1, 0.15) is 62.4 Å². The van der Waals surface area contributed by atoms with Crippen molar-refractivity contribution < 1.29 is 10.2 Å². The minimum Gasteiger partial charge on any atom is -0.392 e. The van der Waals surface area contributed by atoms with E-state index in [0.29, 0.717) is 11.7 Å². The summed E-state index contributed by atoms with van der Waals surface area (Å²) in [5.74, 6) is 0. The molecule has 6 heteroatoms. The third kappa shape index (κ3) is 4.45. The van der Waals surface area contributed by atoms with Gasteiger partial charge in [-0.2, -0.15) is 0 Å². The third-order valence-electron chi connectivity index (χ3n) is 4.98. The van der Waals surface area contributed by atoms with Gasteiger partial charge >= 0.3 is 0 Å². The van der Waals surface area contributed by atoms with Crippen molar-refractivity contribution in [1.82, 2.24) is 20.3 Å². The summed E-state index contributed by atoms with van der Waals surface area (Å²) in [5.41, 5.74) is 1.78. The Balaban J connectivity index is 1.67. The van der Waals surface area contributed by atoms with E-state index in [2.05, 4.69) is 27.8 Å². The van der Waals surface area contributed by atoms with Crippen LogP contribution in [0.4, 0.5) is 0 Å². The summed E-state index contributed by atoms with van der Waals surface area (Å²) in [6, 6.07) is 8.62. The Labute approximate surface area is 148 Å². The van der Waals surface area contributed by atoms with Gasteiger partial charge in [0.25, 0.3) is 0 Å². The van der Waals surface area contributed by atoms with Gasteiger partial charge < -0.3 is 15.5 Å². The van der Waals surface area contributed by atoms with Crippen molar-refractivity contribution in [1.29, 1.82) is 0 Å². The number of aromatic nitrogens is 3. The average molecular weight is 344 g/mol. The maximum Gasteiger partial charge on any atom is 0.114 e. The van der Waals surface area contributed by atoms with Gasteiger partial charge in [-0.15, -0.1) is 5.10 Å². The number of aliphatic hydroxyl groups excluding tert-OH is 1. The van der Waals surface area contributed by atoms with Crippen molar-refractivity contribution in [3.63, 3.8) is 0 Å². The Kier molecular flexibility index (Phi) is 5.51. The molecule has 25 heavy (non-hydrogen) atoms. The first-order chi connectivity index (χ1) is 12.0. The summed E-state index contributed by atoms with van der Waals surface area (Å²) >= 11 is 0. The molecule has 6 nitrogen and oxygen atoms in total. The molecule has 1 fully saturated rings. The number of hydrogen-bond acceptors (Lipinski definition) is 5. The largest absolute Gasteiger partial charge is 0.392 e. The fourth-order valence-corrected chi connectivity index (χ4v) is 3.40. The zero-order chi connectivity index (χ0) is 17.9. The van der Waals surface area contributed by atoms with E-state index in [-0.39, 0.29) is 12.6 Å². The Morgan fingerprint density at radius 3 is 2.48 bits per heavy atom. The highest BCUT2D eigenvalue weighted by molar-refractivity contribution is 5.22. The molecule has 2 aromatic rings. The molecule has 0 radical (unpaired) electrons. The van der Waals surface area contributed by atoms with Gasteiger partial charge in [0, 0.05) is 12.6 Å². The second-order valence-corrected chi connectivity index (χ2v) is 7.46. The number of nitrogens with zero attached hydrogens (tertiary/aromatic N) is 3. The normalized spacial score (nSPS) is 21.4. The number of benzene rings is 1. The van der Waals surface area contributed by atoms with E-state index in [1.54, 1.807) is 13.8 Å². The van der Waals surface area contributed by atoms with Crippen LogP contribution in [0.3, 0.4) is 0 Å². The smallest absolute Gasteiger partial charge is 0.114 e.